The van der Waals surface area contributed by atoms with E-state index in [0.717, 1.165) is 13.1 Å². The van der Waals surface area contributed by atoms with Gasteiger partial charge >= 0.3 is 0 Å². The molecule has 0 aliphatic carbocycles. The molecule has 0 saturated heterocycles. The molecule has 0 aromatic heterocycles. The molecule has 0 aromatic rings. The van der Waals surface area contributed by atoms with Gasteiger partial charge in [0.15, 0.2) is 0 Å². The standard InChI is InChI=1S/C13H30N2/c1-11(2,3)13(7,9-14-8)10-15-12(4,5)6/h14-15H,9-10H2,1-8H3. The summed E-state index contributed by atoms with van der Waals surface area (Å²) in [5, 5.41) is 6.92. The van der Waals surface area contributed by atoms with E-state index in [0.29, 0.717) is 5.41 Å². The fourth-order valence-corrected chi connectivity index (χ4v) is 1.44. The van der Waals surface area contributed by atoms with Crippen LogP contribution < -0.4 is 10.6 Å². The summed E-state index contributed by atoms with van der Waals surface area (Å²) in [6.45, 7) is 18.0. The lowest BCUT2D eigenvalue weighted by molar-refractivity contribution is 0.0976. The number of hydrogen-bond donors (Lipinski definition) is 2. The minimum Gasteiger partial charge on any atom is -0.319 e. The summed E-state index contributed by atoms with van der Waals surface area (Å²) in [6, 6.07) is 0. The Morgan fingerprint density at radius 1 is 0.800 bits per heavy atom. The number of hydrogen-bond acceptors (Lipinski definition) is 2. The molecule has 2 nitrogen and oxygen atoms in total. The van der Waals surface area contributed by atoms with E-state index in [-0.39, 0.29) is 11.0 Å². The maximum absolute atomic E-state index is 3.61. The van der Waals surface area contributed by atoms with Crippen molar-refractivity contribution >= 4 is 0 Å². The maximum atomic E-state index is 3.61. The SMILES string of the molecule is CNCC(C)(CNC(C)(C)C)C(C)(C)C. The highest BCUT2D eigenvalue weighted by molar-refractivity contribution is 4.91. The molecule has 92 valence electrons. The lowest BCUT2D eigenvalue weighted by atomic mass is 9.67. The molecule has 0 aliphatic rings. The van der Waals surface area contributed by atoms with Crippen molar-refractivity contribution in [3.63, 3.8) is 0 Å². The van der Waals surface area contributed by atoms with Crippen molar-refractivity contribution in [3.05, 3.63) is 0 Å². The van der Waals surface area contributed by atoms with E-state index < -0.39 is 0 Å². The smallest absolute Gasteiger partial charge is 0.00967 e. The van der Waals surface area contributed by atoms with Crippen molar-refractivity contribution in [2.24, 2.45) is 10.8 Å². The fourth-order valence-electron chi connectivity index (χ4n) is 1.44. The van der Waals surface area contributed by atoms with Gasteiger partial charge in [-0.3, -0.25) is 0 Å². The van der Waals surface area contributed by atoms with Crippen molar-refractivity contribution in [1.29, 1.82) is 0 Å². The van der Waals surface area contributed by atoms with Gasteiger partial charge in [0.2, 0.25) is 0 Å². The molecule has 0 rings (SSSR count). The van der Waals surface area contributed by atoms with Crippen LogP contribution in [0, 0.1) is 10.8 Å². The highest BCUT2D eigenvalue weighted by atomic mass is 15.0. The van der Waals surface area contributed by atoms with Gasteiger partial charge in [0.1, 0.15) is 0 Å². The Kier molecular flexibility index (Phi) is 4.81. The quantitative estimate of drug-likeness (QED) is 0.752. The molecule has 2 heteroatoms. The van der Waals surface area contributed by atoms with Gasteiger partial charge in [-0.1, -0.05) is 27.7 Å². The van der Waals surface area contributed by atoms with Crippen LogP contribution in [0.1, 0.15) is 48.5 Å². The van der Waals surface area contributed by atoms with E-state index in [1.165, 1.54) is 0 Å². The van der Waals surface area contributed by atoms with E-state index in [1.807, 2.05) is 7.05 Å². The van der Waals surface area contributed by atoms with E-state index in [9.17, 15) is 0 Å². The highest BCUT2D eigenvalue weighted by Gasteiger charge is 2.37. The van der Waals surface area contributed by atoms with Gasteiger partial charge in [-0.05, 0) is 38.6 Å². The molecule has 0 amide bonds. The Balaban J connectivity index is 4.53. The van der Waals surface area contributed by atoms with Crippen LogP contribution in [0.3, 0.4) is 0 Å². The molecular formula is C13H30N2. The molecule has 0 heterocycles. The minimum atomic E-state index is 0.195. The summed E-state index contributed by atoms with van der Waals surface area (Å²) in [5.41, 5.74) is 0.767. The summed E-state index contributed by atoms with van der Waals surface area (Å²) in [7, 11) is 2.03. The molecule has 0 spiro atoms. The second-order valence-corrected chi connectivity index (χ2v) is 6.94. The average molecular weight is 214 g/mol. The second-order valence-electron chi connectivity index (χ2n) is 6.94. The van der Waals surface area contributed by atoms with Crippen LogP contribution in [0.25, 0.3) is 0 Å². The third kappa shape index (κ3) is 4.98. The zero-order valence-corrected chi connectivity index (χ0v) is 11.9. The summed E-state index contributed by atoms with van der Waals surface area (Å²) in [6.07, 6.45) is 0. The van der Waals surface area contributed by atoms with Gasteiger partial charge in [0, 0.05) is 18.6 Å². The van der Waals surface area contributed by atoms with Crippen molar-refractivity contribution in [2.75, 3.05) is 20.1 Å². The Labute approximate surface area is 96.2 Å². The van der Waals surface area contributed by atoms with E-state index >= 15 is 0 Å². The predicted molar refractivity (Wildman–Crippen MR) is 69.2 cm³/mol. The summed E-state index contributed by atoms with van der Waals surface area (Å²) < 4.78 is 0. The lowest BCUT2D eigenvalue weighted by Gasteiger charge is -2.44. The van der Waals surface area contributed by atoms with Gasteiger partial charge in [0.25, 0.3) is 0 Å². The Morgan fingerprint density at radius 2 is 1.27 bits per heavy atom. The van der Waals surface area contributed by atoms with Gasteiger partial charge in [0.05, 0.1) is 0 Å². The molecule has 15 heavy (non-hydrogen) atoms. The van der Waals surface area contributed by atoms with Crippen LogP contribution >= 0.6 is 0 Å². The van der Waals surface area contributed by atoms with Crippen LogP contribution in [0.2, 0.25) is 0 Å². The minimum absolute atomic E-state index is 0.195. The maximum Gasteiger partial charge on any atom is 0.00967 e. The van der Waals surface area contributed by atoms with Crippen molar-refractivity contribution in [3.8, 4) is 0 Å². The first-order chi connectivity index (χ1) is 6.52. The molecule has 0 fully saturated rings. The first kappa shape index (κ1) is 14.9. The summed E-state index contributed by atoms with van der Waals surface area (Å²) in [5.74, 6) is 0. The predicted octanol–water partition coefficient (Wildman–Crippen LogP) is 2.65. The largest absolute Gasteiger partial charge is 0.319 e. The monoisotopic (exact) mass is 214 g/mol. The van der Waals surface area contributed by atoms with E-state index in [1.54, 1.807) is 0 Å². The van der Waals surface area contributed by atoms with Crippen molar-refractivity contribution in [1.82, 2.24) is 10.6 Å². The van der Waals surface area contributed by atoms with E-state index in [2.05, 4.69) is 59.1 Å². The molecule has 2 N–H and O–H groups in total. The number of rotatable bonds is 4. The first-order valence-electron chi connectivity index (χ1n) is 5.91. The van der Waals surface area contributed by atoms with Crippen molar-refractivity contribution in [2.45, 2.75) is 54.0 Å². The lowest BCUT2D eigenvalue weighted by Crippen LogP contribution is -2.51. The zero-order valence-electron chi connectivity index (χ0n) is 11.9. The summed E-state index contributed by atoms with van der Waals surface area (Å²) in [4.78, 5) is 0. The Hall–Kier alpha value is -0.0800. The van der Waals surface area contributed by atoms with E-state index in [4.69, 9.17) is 0 Å². The van der Waals surface area contributed by atoms with Crippen LogP contribution in [0.4, 0.5) is 0 Å². The molecule has 1 unspecified atom stereocenters. The molecule has 1 atom stereocenters. The Morgan fingerprint density at radius 3 is 1.53 bits per heavy atom. The van der Waals surface area contributed by atoms with Gasteiger partial charge in [-0.25, -0.2) is 0 Å². The van der Waals surface area contributed by atoms with Crippen LogP contribution in [0.5, 0.6) is 0 Å². The molecule has 0 bridgehead atoms. The highest BCUT2D eigenvalue weighted by Crippen LogP contribution is 2.37. The third-order valence-electron chi connectivity index (χ3n) is 3.39. The third-order valence-corrected chi connectivity index (χ3v) is 3.39. The summed E-state index contributed by atoms with van der Waals surface area (Å²) >= 11 is 0. The van der Waals surface area contributed by atoms with Crippen LogP contribution in [-0.4, -0.2) is 25.7 Å². The zero-order chi connectivity index (χ0) is 12.3. The molecule has 0 aliphatic heterocycles. The van der Waals surface area contributed by atoms with Gasteiger partial charge in [-0.2, -0.15) is 0 Å². The average Bonchev–Trinajstić information content (AvgIpc) is 1.98. The fraction of sp³-hybridized carbons (Fsp3) is 1.00. The molecule has 0 aromatic carbocycles. The second kappa shape index (κ2) is 4.84. The Bertz CT molecular complexity index is 186. The molecule has 0 saturated carbocycles. The van der Waals surface area contributed by atoms with Crippen LogP contribution in [0.15, 0.2) is 0 Å². The van der Waals surface area contributed by atoms with Gasteiger partial charge < -0.3 is 10.6 Å². The normalized spacial score (nSPS) is 17.6. The van der Waals surface area contributed by atoms with Gasteiger partial charge in [-0.15, -0.1) is 0 Å². The molecule has 0 radical (unpaired) electrons. The van der Waals surface area contributed by atoms with Crippen molar-refractivity contribution < 1.29 is 0 Å². The topological polar surface area (TPSA) is 24.1 Å². The molecular weight excluding hydrogens is 184 g/mol. The first-order valence-corrected chi connectivity index (χ1v) is 5.91. The van der Waals surface area contributed by atoms with Crippen LogP contribution in [-0.2, 0) is 0 Å². The number of nitrogens with one attached hydrogen (secondary N) is 2.